The summed E-state index contributed by atoms with van der Waals surface area (Å²) in [6.45, 7) is 2.94. The van der Waals surface area contributed by atoms with Crippen LogP contribution in [0.5, 0.6) is 0 Å². The van der Waals surface area contributed by atoms with E-state index in [-0.39, 0.29) is 5.57 Å². The van der Waals surface area contributed by atoms with E-state index in [1.54, 1.807) is 12.1 Å². The lowest BCUT2D eigenvalue weighted by Gasteiger charge is -2.29. The highest BCUT2D eigenvalue weighted by Crippen LogP contribution is 2.34. The van der Waals surface area contributed by atoms with Gasteiger partial charge in [0, 0.05) is 29.5 Å². The van der Waals surface area contributed by atoms with E-state index in [4.69, 9.17) is 32.7 Å². The molecule has 1 saturated heterocycles. The van der Waals surface area contributed by atoms with Gasteiger partial charge in [-0.15, -0.1) is 0 Å². The highest BCUT2D eigenvalue weighted by Gasteiger charge is 2.38. The maximum atomic E-state index is 11.8. The lowest BCUT2D eigenvalue weighted by molar-refractivity contribution is -0.222. The Bertz CT molecular complexity index is 636. The first-order valence-corrected chi connectivity index (χ1v) is 7.32. The third kappa shape index (κ3) is 3.70. The Labute approximate surface area is 139 Å². The third-order valence-corrected chi connectivity index (χ3v) is 3.96. The van der Waals surface area contributed by atoms with Crippen molar-refractivity contribution in [2.45, 2.75) is 19.6 Å². The molecule has 0 saturated carbocycles. The van der Waals surface area contributed by atoms with Gasteiger partial charge in [-0.3, -0.25) is 0 Å². The molecule has 0 bridgehead atoms. The molecule has 1 fully saturated rings. The van der Waals surface area contributed by atoms with Crippen molar-refractivity contribution in [3.05, 3.63) is 38.4 Å². The van der Waals surface area contributed by atoms with Gasteiger partial charge in [0.05, 0.1) is 10.7 Å². The summed E-state index contributed by atoms with van der Waals surface area (Å²) in [4.78, 5) is 23.5. The number of halogens is 3. The summed E-state index contributed by atoms with van der Waals surface area (Å²) in [7, 11) is 0. The number of nitrogens with one attached hydrogen (secondary N) is 1. The Kier molecular flexibility index (Phi) is 4.51. The van der Waals surface area contributed by atoms with E-state index >= 15 is 0 Å². The summed E-state index contributed by atoms with van der Waals surface area (Å²) in [6.07, 6.45) is 1.17. The first-order valence-electron chi connectivity index (χ1n) is 5.77. The van der Waals surface area contributed by atoms with E-state index < -0.39 is 17.7 Å². The van der Waals surface area contributed by atoms with Crippen LogP contribution < -0.4 is 5.32 Å². The van der Waals surface area contributed by atoms with Gasteiger partial charge in [0.1, 0.15) is 0 Å². The van der Waals surface area contributed by atoms with Crippen LogP contribution in [0.3, 0.4) is 0 Å². The molecule has 112 valence electrons. The van der Waals surface area contributed by atoms with Gasteiger partial charge in [0.25, 0.3) is 5.79 Å². The predicted octanol–water partition coefficient (Wildman–Crippen LogP) is 3.89. The van der Waals surface area contributed by atoms with Crippen molar-refractivity contribution in [2.24, 2.45) is 0 Å². The van der Waals surface area contributed by atoms with Crippen LogP contribution in [-0.2, 0) is 19.1 Å². The quantitative estimate of drug-likeness (QED) is 0.357. The molecular formula is C13H10BrCl2NO4. The van der Waals surface area contributed by atoms with E-state index in [1.807, 2.05) is 0 Å². The van der Waals surface area contributed by atoms with Gasteiger partial charge < -0.3 is 14.8 Å². The SMILES string of the molecule is CC1(C)OC(=O)C(=CNc2cc(Cl)cc(Br)c2Cl)C(=O)O1. The van der Waals surface area contributed by atoms with Crippen LogP contribution in [0.15, 0.2) is 28.4 Å². The zero-order valence-electron chi connectivity index (χ0n) is 11.0. The first kappa shape index (κ1) is 16.1. The Morgan fingerprint density at radius 2 is 1.76 bits per heavy atom. The van der Waals surface area contributed by atoms with Crippen molar-refractivity contribution in [3.63, 3.8) is 0 Å². The fourth-order valence-corrected chi connectivity index (χ4v) is 2.56. The predicted molar refractivity (Wildman–Crippen MR) is 82.1 cm³/mol. The molecule has 0 radical (unpaired) electrons. The van der Waals surface area contributed by atoms with Gasteiger partial charge in [0.15, 0.2) is 5.57 Å². The molecule has 2 rings (SSSR count). The fourth-order valence-electron chi connectivity index (χ4n) is 1.59. The van der Waals surface area contributed by atoms with E-state index in [0.29, 0.717) is 20.2 Å². The maximum absolute atomic E-state index is 11.8. The zero-order valence-corrected chi connectivity index (χ0v) is 14.1. The summed E-state index contributed by atoms with van der Waals surface area (Å²) in [6, 6.07) is 3.17. The second kappa shape index (κ2) is 5.87. The Morgan fingerprint density at radius 1 is 1.19 bits per heavy atom. The number of hydrogen-bond donors (Lipinski definition) is 1. The van der Waals surface area contributed by atoms with Crippen LogP contribution in [0.25, 0.3) is 0 Å². The molecule has 0 aromatic heterocycles. The number of carbonyl (C=O) groups is 2. The number of carbonyl (C=O) groups excluding carboxylic acids is 2. The molecule has 0 aliphatic carbocycles. The molecule has 1 aromatic carbocycles. The minimum absolute atomic E-state index is 0.263. The summed E-state index contributed by atoms with van der Waals surface area (Å²) >= 11 is 15.2. The van der Waals surface area contributed by atoms with Crippen LogP contribution in [-0.4, -0.2) is 17.7 Å². The van der Waals surface area contributed by atoms with Gasteiger partial charge in [-0.05, 0) is 28.1 Å². The van der Waals surface area contributed by atoms with Crippen LogP contribution in [0.4, 0.5) is 5.69 Å². The fraction of sp³-hybridized carbons (Fsp3) is 0.231. The van der Waals surface area contributed by atoms with Crippen molar-refractivity contribution in [1.29, 1.82) is 0 Å². The first-order chi connectivity index (χ1) is 9.69. The summed E-state index contributed by atoms with van der Waals surface area (Å²) in [5.41, 5.74) is 0.162. The van der Waals surface area contributed by atoms with E-state index in [0.717, 1.165) is 0 Å². The van der Waals surface area contributed by atoms with Crippen LogP contribution in [0, 0.1) is 0 Å². The Morgan fingerprint density at radius 3 is 2.33 bits per heavy atom. The van der Waals surface area contributed by atoms with Gasteiger partial charge >= 0.3 is 11.9 Å². The second-order valence-corrected chi connectivity index (χ2v) is 6.30. The van der Waals surface area contributed by atoms with Crippen molar-refractivity contribution in [2.75, 3.05) is 5.32 Å². The Balaban J connectivity index is 2.26. The van der Waals surface area contributed by atoms with Crippen molar-refractivity contribution < 1.29 is 19.1 Å². The average Bonchev–Trinajstić information content (AvgIpc) is 2.32. The molecule has 0 spiro atoms. The second-order valence-electron chi connectivity index (χ2n) is 4.63. The van der Waals surface area contributed by atoms with Crippen LogP contribution in [0.1, 0.15) is 13.8 Å². The van der Waals surface area contributed by atoms with E-state index in [2.05, 4.69) is 21.2 Å². The van der Waals surface area contributed by atoms with E-state index in [9.17, 15) is 9.59 Å². The number of esters is 2. The average molecular weight is 395 g/mol. The maximum Gasteiger partial charge on any atom is 0.350 e. The normalized spacial score (nSPS) is 17.1. The molecular weight excluding hydrogens is 385 g/mol. The number of cyclic esters (lactones) is 2. The highest BCUT2D eigenvalue weighted by molar-refractivity contribution is 9.10. The standard InChI is InChI=1S/C13H10BrCl2NO4/c1-13(2)20-11(18)7(12(19)21-13)5-17-9-4-6(15)3-8(14)10(9)16/h3-5,17H,1-2H3. The smallest absolute Gasteiger partial charge is 0.350 e. The molecule has 1 aromatic rings. The van der Waals surface area contributed by atoms with Crippen molar-refractivity contribution in [3.8, 4) is 0 Å². The molecule has 5 nitrogen and oxygen atoms in total. The van der Waals surface area contributed by atoms with Gasteiger partial charge in [0.2, 0.25) is 0 Å². The number of anilines is 1. The van der Waals surface area contributed by atoms with Gasteiger partial charge in [-0.25, -0.2) is 9.59 Å². The zero-order chi connectivity index (χ0) is 15.8. The largest absolute Gasteiger partial charge is 0.419 e. The molecule has 1 aliphatic rings. The van der Waals surface area contributed by atoms with E-state index in [1.165, 1.54) is 20.0 Å². The molecule has 1 aliphatic heterocycles. The van der Waals surface area contributed by atoms with Gasteiger partial charge in [-0.2, -0.15) is 0 Å². The number of hydrogen-bond acceptors (Lipinski definition) is 5. The number of rotatable bonds is 2. The lowest BCUT2D eigenvalue weighted by Crippen LogP contribution is -2.42. The highest BCUT2D eigenvalue weighted by atomic mass is 79.9. The number of benzene rings is 1. The summed E-state index contributed by atoms with van der Waals surface area (Å²) in [5, 5.41) is 3.53. The third-order valence-electron chi connectivity index (χ3n) is 2.48. The minimum Gasteiger partial charge on any atom is -0.419 e. The van der Waals surface area contributed by atoms with Crippen LogP contribution in [0.2, 0.25) is 10.0 Å². The van der Waals surface area contributed by atoms with Crippen molar-refractivity contribution >= 4 is 56.8 Å². The number of ether oxygens (including phenoxy) is 2. The molecule has 1 heterocycles. The molecule has 8 heteroatoms. The summed E-state index contributed by atoms with van der Waals surface area (Å²) < 4.78 is 10.5. The summed E-state index contributed by atoms with van der Waals surface area (Å²) in [5.74, 6) is -2.83. The molecule has 0 amide bonds. The topological polar surface area (TPSA) is 64.6 Å². The molecule has 0 atom stereocenters. The van der Waals surface area contributed by atoms with Gasteiger partial charge in [-0.1, -0.05) is 23.2 Å². The van der Waals surface area contributed by atoms with Crippen LogP contribution >= 0.6 is 39.1 Å². The minimum atomic E-state index is -1.28. The monoisotopic (exact) mass is 393 g/mol. The van der Waals surface area contributed by atoms with Crippen molar-refractivity contribution in [1.82, 2.24) is 0 Å². The molecule has 0 unspecified atom stereocenters. The molecule has 1 N–H and O–H groups in total. The Hall–Kier alpha value is -1.24. The molecule has 21 heavy (non-hydrogen) atoms. The lowest BCUT2D eigenvalue weighted by atomic mass is 10.2.